The average Bonchev–Trinajstić information content (AvgIpc) is 3.19. The number of nitrogen functional groups attached to an aromatic ring is 1. The molecule has 19 heavy (non-hydrogen) atoms. The Labute approximate surface area is 117 Å². The van der Waals surface area contributed by atoms with Gasteiger partial charge in [0.15, 0.2) is 0 Å². The summed E-state index contributed by atoms with van der Waals surface area (Å²) in [6.07, 6.45) is 7.73. The van der Waals surface area contributed by atoms with Crippen molar-refractivity contribution in [1.29, 1.82) is 0 Å². The molecule has 0 atom stereocenters. The Morgan fingerprint density at radius 1 is 1.42 bits per heavy atom. The highest BCUT2D eigenvalue weighted by molar-refractivity contribution is 6.33. The van der Waals surface area contributed by atoms with Crippen LogP contribution in [0.2, 0.25) is 5.02 Å². The Balaban J connectivity index is 2.15. The van der Waals surface area contributed by atoms with Gasteiger partial charge in [-0.3, -0.25) is 0 Å². The van der Waals surface area contributed by atoms with E-state index < -0.39 is 0 Å². The highest BCUT2D eigenvalue weighted by Gasteiger charge is 2.31. The van der Waals surface area contributed by atoms with Crippen LogP contribution in [0.1, 0.15) is 24.6 Å². The SMILES string of the molecule is C#CCn1c(C2CC2)nc(-c2ccccc2Cl)c1N. The predicted octanol–water partition coefficient (Wildman–Crippen LogP) is 3.30. The third kappa shape index (κ3) is 2.09. The summed E-state index contributed by atoms with van der Waals surface area (Å²) in [6.45, 7) is 0.453. The van der Waals surface area contributed by atoms with Crippen molar-refractivity contribution in [2.24, 2.45) is 0 Å². The van der Waals surface area contributed by atoms with Gasteiger partial charge in [0.2, 0.25) is 0 Å². The average molecular weight is 272 g/mol. The van der Waals surface area contributed by atoms with E-state index in [0.29, 0.717) is 23.3 Å². The Morgan fingerprint density at radius 2 is 2.16 bits per heavy atom. The number of terminal acetylenes is 1. The zero-order valence-corrected chi connectivity index (χ0v) is 11.2. The monoisotopic (exact) mass is 271 g/mol. The standard InChI is InChI=1S/C15H14ClN3/c1-2-9-19-14(17)13(18-15(19)10-7-8-10)11-5-3-4-6-12(11)16/h1,3-6,10H,7-9,17H2. The maximum absolute atomic E-state index is 6.22. The molecule has 3 nitrogen and oxygen atoms in total. The maximum Gasteiger partial charge on any atom is 0.132 e. The van der Waals surface area contributed by atoms with Crippen LogP contribution in [0.4, 0.5) is 5.82 Å². The number of hydrogen-bond donors (Lipinski definition) is 1. The third-order valence-corrected chi connectivity index (χ3v) is 3.69. The largest absolute Gasteiger partial charge is 0.383 e. The summed E-state index contributed by atoms with van der Waals surface area (Å²) in [4.78, 5) is 4.68. The van der Waals surface area contributed by atoms with Crippen molar-refractivity contribution in [1.82, 2.24) is 9.55 Å². The number of halogens is 1. The van der Waals surface area contributed by atoms with E-state index in [1.165, 1.54) is 0 Å². The molecule has 0 bridgehead atoms. The smallest absolute Gasteiger partial charge is 0.132 e. The molecule has 0 aliphatic heterocycles. The van der Waals surface area contributed by atoms with Gasteiger partial charge in [0.25, 0.3) is 0 Å². The molecule has 1 aliphatic carbocycles. The molecule has 0 amide bonds. The van der Waals surface area contributed by atoms with Gasteiger partial charge in [-0.1, -0.05) is 35.7 Å². The fraction of sp³-hybridized carbons (Fsp3) is 0.267. The van der Waals surface area contributed by atoms with E-state index in [-0.39, 0.29) is 0 Å². The van der Waals surface area contributed by atoms with E-state index in [1.807, 2.05) is 28.8 Å². The fourth-order valence-corrected chi connectivity index (χ4v) is 2.47. The molecule has 1 aliphatic rings. The van der Waals surface area contributed by atoms with Gasteiger partial charge < -0.3 is 10.3 Å². The molecule has 1 aromatic heterocycles. The summed E-state index contributed by atoms with van der Waals surface area (Å²) in [5, 5.41) is 0.655. The zero-order chi connectivity index (χ0) is 13.4. The summed E-state index contributed by atoms with van der Waals surface area (Å²) in [6, 6.07) is 7.59. The first-order chi connectivity index (χ1) is 9.22. The van der Waals surface area contributed by atoms with Gasteiger partial charge in [-0.25, -0.2) is 4.98 Å². The predicted molar refractivity (Wildman–Crippen MR) is 77.9 cm³/mol. The van der Waals surface area contributed by atoms with Crippen LogP contribution in [0.3, 0.4) is 0 Å². The highest BCUT2D eigenvalue weighted by atomic mass is 35.5. The summed E-state index contributed by atoms with van der Waals surface area (Å²) in [5.41, 5.74) is 7.80. The van der Waals surface area contributed by atoms with Gasteiger partial charge in [0.05, 0.1) is 11.6 Å². The van der Waals surface area contributed by atoms with E-state index in [4.69, 9.17) is 23.8 Å². The molecule has 0 spiro atoms. The molecule has 0 saturated heterocycles. The lowest BCUT2D eigenvalue weighted by Gasteiger charge is -2.05. The Hall–Kier alpha value is -1.92. The molecule has 1 saturated carbocycles. The lowest BCUT2D eigenvalue weighted by molar-refractivity contribution is 0.762. The first-order valence-electron chi connectivity index (χ1n) is 6.26. The van der Waals surface area contributed by atoms with Crippen molar-refractivity contribution in [3.05, 3.63) is 35.1 Å². The highest BCUT2D eigenvalue weighted by Crippen LogP contribution is 2.42. The second-order valence-electron chi connectivity index (χ2n) is 4.75. The molecule has 96 valence electrons. The van der Waals surface area contributed by atoms with Crippen molar-refractivity contribution in [2.45, 2.75) is 25.3 Å². The molecule has 0 unspecified atom stereocenters. The molecular formula is C15H14ClN3. The van der Waals surface area contributed by atoms with Crippen LogP contribution in [0.15, 0.2) is 24.3 Å². The van der Waals surface area contributed by atoms with Crippen LogP contribution < -0.4 is 5.73 Å². The number of benzene rings is 1. The Morgan fingerprint density at radius 3 is 2.79 bits per heavy atom. The molecular weight excluding hydrogens is 258 g/mol. The van der Waals surface area contributed by atoms with Crippen molar-refractivity contribution in [3.63, 3.8) is 0 Å². The summed E-state index contributed by atoms with van der Waals surface area (Å²) in [5.74, 6) is 4.73. The summed E-state index contributed by atoms with van der Waals surface area (Å²) in [7, 11) is 0. The van der Waals surface area contributed by atoms with Gasteiger partial charge in [-0.15, -0.1) is 6.42 Å². The van der Waals surface area contributed by atoms with Crippen molar-refractivity contribution >= 4 is 17.4 Å². The number of aromatic nitrogens is 2. The zero-order valence-electron chi connectivity index (χ0n) is 10.4. The topological polar surface area (TPSA) is 43.8 Å². The third-order valence-electron chi connectivity index (χ3n) is 3.36. The lowest BCUT2D eigenvalue weighted by atomic mass is 10.1. The molecule has 1 aromatic carbocycles. The summed E-state index contributed by atoms with van der Waals surface area (Å²) < 4.78 is 1.93. The first-order valence-corrected chi connectivity index (χ1v) is 6.64. The van der Waals surface area contributed by atoms with Crippen LogP contribution >= 0.6 is 11.6 Å². The van der Waals surface area contributed by atoms with E-state index >= 15 is 0 Å². The second kappa shape index (κ2) is 4.64. The van der Waals surface area contributed by atoms with Crippen LogP contribution in [0.5, 0.6) is 0 Å². The Bertz CT molecular complexity index is 663. The van der Waals surface area contributed by atoms with E-state index in [9.17, 15) is 0 Å². The van der Waals surface area contributed by atoms with Crippen LogP contribution in [-0.4, -0.2) is 9.55 Å². The fourth-order valence-electron chi connectivity index (χ4n) is 2.25. The van der Waals surface area contributed by atoms with Crippen molar-refractivity contribution in [2.75, 3.05) is 5.73 Å². The Kier molecular flexibility index (Phi) is 2.96. The molecule has 3 rings (SSSR count). The van der Waals surface area contributed by atoms with E-state index in [0.717, 1.165) is 29.9 Å². The van der Waals surface area contributed by atoms with Gasteiger partial charge in [0.1, 0.15) is 17.3 Å². The van der Waals surface area contributed by atoms with Crippen LogP contribution in [0.25, 0.3) is 11.3 Å². The van der Waals surface area contributed by atoms with Gasteiger partial charge >= 0.3 is 0 Å². The lowest BCUT2D eigenvalue weighted by Crippen LogP contribution is -2.05. The normalized spacial score (nSPS) is 14.3. The first kappa shape index (κ1) is 12.1. The molecule has 4 heteroatoms. The molecule has 1 heterocycles. The number of hydrogen-bond acceptors (Lipinski definition) is 2. The van der Waals surface area contributed by atoms with E-state index in [2.05, 4.69) is 10.9 Å². The molecule has 0 radical (unpaired) electrons. The number of nitrogens with zero attached hydrogens (tertiary/aromatic N) is 2. The molecule has 2 N–H and O–H groups in total. The van der Waals surface area contributed by atoms with Crippen molar-refractivity contribution < 1.29 is 0 Å². The summed E-state index contributed by atoms with van der Waals surface area (Å²) >= 11 is 6.22. The number of nitrogens with two attached hydrogens (primary N) is 1. The van der Waals surface area contributed by atoms with Gasteiger partial charge in [0, 0.05) is 11.5 Å². The number of imidazole rings is 1. The minimum Gasteiger partial charge on any atom is -0.383 e. The van der Waals surface area contributed by atoms with Crippen molar-refractivity contribution in [3.8, 4) is 23.6 Å². The van der Waals surface area contributed by atoms with Crippen LogP contribution in [-0.2, 0) is 6.54 Å². The van der Waals surface area contributed by atoms with E-state index in [1.54, 1.807) is 0 Å². The van der Waals surface area contributed by atoms with Gasteiger partial charge in [-0.2, -0.15) is 0 Å². The number of rotatable bonds is 3. The molecule has 2 aromatic rings. The minimum absolute atomic E-state index is 0.453. The van der Waals surface area contributed by atoms with Crippen LogP contribution in [0, 0.1) is 12.3 Å². The minimum atomic E-state index is 0.453. The number of anilines is 1. The second-order valence-corrected chi connectivity index (χ2v) is 5.16. The maximum atomic E-state index is 6.22. The quantitative estimate of drug-likeness (QED) is 0.871. The molecule has 1 fully saturated rings. The van der Waals surface area contributed by atoms with Gasteiger partial charge in [-0.05, 0) is 18.9 Å².